The average Bonchev–Trinajstić information content (AvgIpc) is 3.02. The Morgan fingerprint density at radius 3 is 1.48 bits per heavy atom. The van der Waals surface area contributed by atoms with Crippen molar-refractivity contribution >= 4 is 30.7 Å². The highest BCUT2D eigenvalue weighted by Gasteiger charge is 2.43. The molecular formula is C32H26N3O6P. The molecule has 0 radical (unpaired) electrons. The molecule has 0 spiro atoms. The SMILES string of the molecule is O=C(NC(c1ccc([N+](=O)[O-])cc1)P(=O)(Oc1ccccc1)Oc1ccccc1)N(c1ccccc1)c1ccccc1. The van der Waals surface area contributed by atoms with Crippen LogP contribution in [0.4, 0.5) is 21.9 Å². The zero-order chi connectivity index (χ0) is 29.4. The number of amides is 2. The van der Waals surface area contributed by atoms with Crippen LogP contribution < -0.4 is 19.3 Å². The lowest BCUT2D eigenvalue weighted by Gasteiger charge is -2.31. The Hall–Kier alpha value is -5.40. The molecule has 0 fully saturated rings. The van der Waals surface area contributed by atoms with E-state index in [-0.39, 0.29) is 22.7 Å². The molecule has 0 saturated carbocycles. The van der Waals surface area contributed by atoms with Gasteiger partial charge in [0.1, 0.15) is 11.5 Å². The van der Waals surface area contributed by atoms with E-state index in [4.69, 9.17) is 9.05 Å². The van der Waals surface area contributed by atoms with Crippen LogP contribution in [0.1, 0.15) is 11.3 Å². The molecule has 5 rings (SSSR count). The summed E-state index contributed by atoms with van der Waals surface area (Å²) in [7, 11) is -4.34. The number of anilines is 2. The highest BCUT2D eigenvalue weighted by molar-refractivity contribution is 7.55. The predicted molar refractivity (Wildman–Crippen MR) is 161 cm³/mol. The van der Waals surface area contributed by atoms with Crippen molar-refractivity contribution in [3.63, 3.8) is 0 Å². The lowest BCUT2D eigenvalue weighted by Crippen LogP contribution is -2.40. The highest BCUT2D eigenvalue weighted by Crippen LogP contribution is 2.59. The quantitative estimate of drug-likeness (QED) is 0.101. The highest BCUT2D eigenvalue weighted by atomic mass is 31.2. The fourth-order valence-electron chi connectivity index (χ4n) is 4.22. The summed E-state index contributed by atoms with van der Waals surface area (Å²) >= 11 is 0. The molecule has 0 aliphatic heterocycles. The number of nitrogens with zero attached hydrogens (tertiary/aromatic N) is 2. The molecule has 0 aromatic heterocycles. The second kappa shape index (κ2) is 12.8. The van der Waals surface area contributed by atoms with Crippen LogP contribution >= 0.6 is 7.60 Å². The molecule has 5 aromatic carbocycles. The minimum Gasteiger partial charge on any atom is -0.414 e. The second-order valence-electron chi connectivity index (χ2n) is 9.06. The number of carbonyl (C=O) groups excluding carboxylic acids is 1. The Morgan fingerprint density at radius 1 is 0.667 bits per heavy atom. The van der Waals surface area contributed by atoms with E-state index in [1.807, 2.05) is 12.1 Å². The molecular weight excluding hydrogens is 553 g/mol. The maximum absolute atomic E-state index is 14.9. The molecule has 1 N–H and O–H groups in total. The normalized spacial score (nSPS) is 11.6. The molecule has 9 nitrogen and oxygen atoms in total. The van der Waals surface area contributed by atoms with E-state index in [0.717, 1.165) is 0 Å². The fourth-order valence-corrected chi connectivity index (χ4v) is 6.11. The summed E-state index contributed by atoms with van der Waals surface area (Å²) in [6.07, 6.45) is 0. The summed E-state index contributed by atoms with van der Waals surface area (Å²) in [5.41, 5.74) is 1.24. The monoisotopic (exact) mass is 579 g/mol. The number of nitro benzene ring substituents is 1. The van der Waals surface area contributed by atoms with Crippen LogP contribution in [0.3, 0.4) is 0 Å². The van der Waals surface area contributed by atoms with Gasteiger partial charge in [-0.3, -0.25) is 15.0 Å². The summed E-state index contributed by atoms with van der Waals surface area (Å²) in [4.78, 5) is 26.4. The van der Waals surface area contributed by atoms with Gasteiger partial charge in [0.2, 0.25) is 0 Å². The van der Waals surface area contributed by atoms with Gasteiger partial charge in [0.15, 0.2) is 5.78 Å². The topological polar surface area (TPSA) is 111 Å². The molecule has 1 atom stereocenters. The molecule has 10 heteroatoms. The minimum atomic E-state index is -4.34. The summed E-state index contributed by atoms with van der Waals surface area (Å²) in [5.74, 6) is -0.872. The van der Waals surface area contributed by atoms with E-state index in [1.165, 1.54) is 29.2 Å². The fraction of sp³-hybridized carbons (Fsp3) is 0.0312. The predicted octanol–water partition coefficient (Wildman–Crippen LogP) is 8.49. The van der Waals surface area contributed by atoms with E-state index < -0.39 is 24.3 Å². The van der Waals surface area contributed by atoms with E-state index in [1.54, 1.807) is 109 Å². The maximum atomic E-state index is 14.9. The summed E-state index contributed by atoms with van der Waals surface area (Å²) in [6.45, 7) is 0. The van der Waals surface area contributed by atoms with Crippen LogP contribution in [0.25, 0.3) is 0 Å². The van der Waals surface area contributed by atoms with Crippen molar-refractivity contribution in [3.8, 4) is 11.5 Å². The molecule has 0 aliphatic carbocycles. The van der Waals surface area contributed by atoms with E-state index >= 15 is 0 Å². The number of para-hydroxylation sites is 4. The zero-order valence-electron chi connectivity index (χ0n) is 22.2. The van der Waals surface area contributed by atoms with Crippen molar-refractivity contribution < 1.29 is 23.3 Å². The first-order valence-corrected chi connectivity index (χ1v) is 14.6. The van der Waals surface area contributed by atoms with Crippen LogP contribution in [-0.2, 0) is 4.57 Å². The number of nitro groups is 1. The van der Waals surface area contributed by atoms with Crippen molar-refractivity contribution in [2.45, 2.75) is 5.78 Å². The first kappa shape index (κ1) is 28.1. The van der Waals surface area contributed by atoms with Gasteiger partial charge < -0.3 is 14.4 Å². The van der Waals surface area contributed by atoms with Crippen molar-refractivity contribution in [2.75, 3.05) is 4.90 Å². The largest absolute Gasteiger partial charge is 0.457 e. The van der Waals surface area contributed by atoms with Crippen LogP contribution in [-0.4, -0.2) is 11.0 Å². The average molecular weight is 580 g/mol. The molecule has 5 aromatic rings. The van der Waals surface area contributed by atoms with Gasteiger partial charge in [-0.15, -0.1) is 0 Å². The lowest BCUT2D eigenvalue weighted by atomic mass is 10.2. The Labute approximate surface area is 242 Å². The number of rotatable bonds is 10. The van der Waals surface area contributed by atoms with E-state index in [0.29, 0.717) is 11.4 Å². The number of non-ortho nitro benzene ring substituents is 1. The molecule has 42 heavy (non-hydrogen) atoms. The van der Waals surface area contributed by atoms with Gasteiger partial charge in [0.05, 0.1) is 16.3 Å². The van der Waals surface area contributed by atoms with Crippen LogP contribution in [0.2, 0.25) is 0 Å². The first-order valence-electron chi connectivity index (χ1n) is 13.0. The number of hydrogen-bond donors (Lipinski definition) is 1. The Kier molecular flexibility index (Phi) is 8.61. The van der Waals surface area contributed by atoms with Crippen LogP contribution in [0.5, 0.6) is 11.5 Å². The second-order valence-corrected chi connectivity index (χ2v) is 11.0. The third-order valence-corrected chi connectivity index (χ3v) is 8.17. The number of hydrogen-bond acceptors (Lipinski definition) is 6. The molecule has 0 aliphatic rings. The lowest BCUT2D eigenvalue weighted by molar-refractivity contribution is -0.384. The number of benzene rings is 5. The Balaban J connectivity index is 1.62. The van der Waals surface area contributed by atoms with Gasteiger partial charge in [-0.1, -0.05) is 72.8 Å². The van der Waals surface area contributed by atoms with Crippen LogP contribution in [0, 0.1) is 10.1 Å². The number of nitrogens with one attached hydrogen (secondary N) is 1. The zero-order valence-corrected chi connectivity index (χ0v) is 23.1. The Morgan fingerprint density at radius 2 is 1.07 bits per heavy atom. The summed E-state index contributed by atoms with van der Waals surface area (Å²) < 4.78 is 27.0. The molecule has 2 amide bonds. The van der Waals surface area contributed by atoms with Gasteiger partial charge in [-0.2, -0.15) is 0 Å². The van der Waals surface area contributed by atoms with Gasteiger partial charge in [0, 0.05) is 12.1 Å². The first-order chi connectivity index (χ1) is 20.4. The number of urea groups is 1. The third-order valence-electron chi connectivity index (χ3n) is 6.18. The smallest absolute Gasteiger partial charge is 0.414 e. The molecule has 0 heterocycles. The molecule has 1 unspecified atom stereocenters. The van der Waals surface area contributed by atoms with Gasteiger partial charge >= 0.3 is 13.6 Å². The molecule has 0 bridgehead atoms. The van der Waals surface area contributed by atoms with Gasteiger partial charge in [-0.25, -0.2) is 9.36 Å². The third kappa shape index (κ3) is 6.66. The molecule has 0 saturated heterocycles. The molecule has 210 valence electrons. The van der Waals surface area contributed by atoms with Gasteiger partial charge in [0.25, 0.3) is 5.69 Å². The Bertz CT molecular complexity index is 1590. The van der Waals surface area contributed by atoms with Crippen molar-refractivity contribution in [1.82, 2.24) is 5.32 Å². The number of carbonyl (C=O) groups is 1. The minimum absolute atomic E-state index is 0.165. The standard InChI is InChI=1S/C32H26N3O6P/c36-32(34(26-13-5-1-6-14-26)27-15-7-2-8-16-27)33-31(25-21-23-28(24-22-25)35(37)38)42(39,40-29-17-9-3-10-18-29)41-30-19-11-4-12-20-30/h1-24,31H,(H,33,36). The van der Waals surface area contributed by atoms with Crippen molar-refractivity contribution in [3.05, 3.63) is 161 Å². The summed E-state index contributed by atoms with van der Waals surface area (Å²) in [6, 6.07) is 39.6. The van der Waals surface area contributed by atoms with E-state index in [9.17, 15) is 19.5 Å². The van der Waals surface area contributed by atoms with Crippen molar-refractivity contribution in [1.29, 1.82) is 0 Å². The van der Waals surface area contributed by atoms with Gasteiger partial charge in [-0.05, 0) is 66.2 Å². The summed E-state index contributed by atoms with van der Waals surface area (Å²) in [5, 5.41) is 14.2. The van der Waals surface area contributed by atoms with Crippen LogP contribution in [0.15, 0.2) is 146 Å². The van der Waals surface area contributed by atoms with E-state index in [2.05, 4.69) is 5.32 Å². The van der Waals surface area contributed by atoms with Crippen molar-refractivity contribution in [2.24, 2.45) is 0 Å². The maximum Gasteiger partial charge on any atom is 0.457 e.